The second-order valence-corrected chi connectivity index (χ2v) is 5.97. The molecule has 2 heteroatoms. The number of benzene rings is 1. The fourth-order valence-electron chi connectivity index (χ4n) is 3.89. The fraction of sp³-hybridized carbons (Fsp3) is 0.562. The number of carbonyl (C=O) groups is 1. The van der Waals surface area contributed by atoms with Crippen LogP contribution in [0.3, 0.4) is 0 Å². The third kappa shape index (κ3) is 2.16. The average Bonchev–Trinajstić information content (AvgIpc) is 3.02. The highest BCUT2D eigenvalue weighted by Gasteiger charge is 2.42. The van der Waals surface area contributed by atoms with E-state index in [1.165, 1.54) is 25.7 Å². The van der Waals surface area contributed by atoms with Gasteiger partial charge >= 0.3 is 0 Å². The van der Waals surface area contributed by atoms with Gasteiger partial charge in [0.2, 0.25) is 0 Å². The number of hydrogen-bond donors (Lipinski definition) is 1. The minimum absolute atomic E-state index is 0.0749. The molecule has 96 valence electrons. The predicted molar refractivity (Wildman–Crippen MR) is 72.3 cm³/mol. The van der Waals surface area contributed by atoms with E-state index in [9.17, 15) is 4.79 Å². The summed E-state index contributed by atoms with van der Waals surface area (Å²) in [5.41, 5.74) is 0.771. The summed E-state index contributed by atoms with van der Waals surface area (Å²) in [6.07, 6.45) is 5.51. The van der Waals surface area contributed by atoms with E-state index >= 15 is 0 Å². The molecule has 0 saturated heterocycles. The summed E-state index contributed by atoms with van der Waals surface area (Å²) in [6.45, 7) is 2.17. The smallest absolute Gasteiger partial charge is 0.251 e. The van der Waals surface area contributed by atoms with Crippen molar-refractivity contribution in [2.24, 2.45) is 17.8 Å². The minimum atomic E-state index is 0.0749. The van der Waals surface area contributed by atoms with Gasteiger partial charge in [0.15, 0.2) is 0 Å². The van der Waals surface area contributed by atoms with Gasteiger partial charge < -0.3 is 5.32 Å². The van der Waals surface area contributed by atoms with Gasteiger partial charge in [-0.1, -0.05) is 24.6 Å². The normalized spacial score (nSPS) is 31.3. The number of fused-ring (bicyclic) bond motifs is 2. The summed E-state index contributed by atoms with van der Waals surface area (Å²) in [4.78, 5) is 12.1. The largest absolute Gasteiger partial charge is 0.349 e. The van der Waals surface area contributed by atoms with Crippen LogP contribution < -0.4 is 5.32 Å². The highest BCUT2D eigenvalue weighted by Crippen LogP contribution is 2.49. The van der Waals surface area contributed by atoms with Crippen LogP contribution in [-0.2, 0) is 0 Å². The molecule has 2 aliphatic rings. The van der Waals surface area contributed by atoms with Gasteiger partial charge in [-0.2, -0.15) is 0 Å². The van der Waals surface area contributed by atoms with Crippen LogP contribution in [0.4, 0.5) is 0 Å². The van der Waals surface area contributed by atoms with Gasteiger partial charge in [0.05, 0.1) is 0 Å². The molecule has 2 aliphatic carbocycles. The third-order valence-corrected chi connectivity index (χ3v) is 4.83. The Balaban J connectivity index is 1.61. The second-order valence-electron chi connectivity index (χ2n) is 5.97. The van der Waals surface area contributed by atoms with E-state index in [0.29, 0.717) is 12.0 Å². The molecule has 2 fully saturated rings. The molecule has 0 radical (unpaired) electrons. The highest BCUT2D eigenvalue weighted by molar-refractivity contribution is 5.94. The first kappa shape index (κ1) is 11.8. The molecule has 0 heterocycles. The van der Waals surface area contributed by atoms with Gasteiger partial charge in [-0.15, -0.1) is 0 Å². The lowest BCUT2D eigenvalue weighted by molar-refractivity contribution is 0.0915. The highest BCUT2D eigenvalue weighted by atomic mass is 16.1. The summed E-state index contributed by atoms with van der Waals surface area (Å²) < 4.78 is 0. The van der Waals surface area contributed by atoms with Crippen molar-refractivity contribution >= 4 is 5.91 Å². The first-order valence-corrected chi connectivity index (χ1v) is 7.10. The summed E-state index contributed by atoms with van der Waals surface area (Å²) in [7, 11) is 0. The Morgan fingerprint density at radius 1 is 1.22 bits per heavy atom. The Bertz CT molecular complexity index is 428. The number of carbonyl (C=O) groups excluding carboxylic acids is 1. The Labute approximate surface area is 109 Å². The van der Waals surface area contributed by atoms with E-state index in [1.54, 1.807) is 0 Å². The van der Waals surface area contributed by atoms with Crippen LogP contribution in [-0.4, -0.2) is 11.9 Å². The summed E-state index contributed by atoms with van der Waals surface area (Å²) >= 11 is 0. The number of nitrogens with one attached hydrogen (secondary N) is 1. The summed E-state index contributed by atoms with van der Waals surface area (Å²) in [5, 5.41) is 3.18. The van der Waals surface area contributed by atoms with Crippen LogP contribution in [0.5, 0.6) is 0 Å². The molecule has 0 aliphatic heterocycles. The van der Waals surface area contributed by atoms with Gasteiger partial charge in [0.25, 0.3) is 5.91 Å². The molecule has 0 spiro atoms. The Kier molecular flexibility index (Phi) is 3.11. The van der Waals surface area contributed by atoms with Gasteiger partial charge in [-0.05, 0) is 56.1 Å². The van der Waals surface area contributed by atoms with Crippen LogP contribution in [0.1, 0.15) is 43.0 Å². The Morgan fingerprint density at radius 2 is 2.00 bits per heavy atom. The zero-order chi connectivity index (χ0) is 12.5. The zero-order valence-corrected chi connectivity index (χ0v) is 10.9. The quantitative estimate of drug-likeness (QED) is 0.867. The molecular formula is C16H21NO. The molecular weight excluding hydrogens is 222 g/mol. The molecule has 0 aromatic heterocycles. The monoisotopic (exact) mass is 243 g/mol. The molecule has 2 nitrogen and oxygen atoms in total. The Hall–Kier alpha value is -1.31. The van der Waals surface area contributed by atoms with Crippen LogP contribution in [0, 0.1) is 17.8 Å². The number of amides is 1. The van der Waals surface area contributed by atoms with E-state index in [4.69, 9.17) is 0 Å². The lowest BCUT2D eigenvalue weighted by Gasteiger charge is -2.28. The third-order valence-electron chi connectivity index (χ3n) is 4.83. The molecule has 1 amide bonds. The number of hydrogen-bond acceptors (Lipinski definition) is 1. The van der Waals surface area contributed by atoms with Crippen molar-refractivity contribution in [3.05, 3.63) is 35.9 Å². The Morgan fingerprint density at radius 3 is 2.61 bits per heavy atom. The summed E-state index contributed by atoms with van der Waals surface area (Å²) in [5.74, 6) is 2.58. The molecule has 2 saturated carbocycles. The van der Waals surface area contributed by atoms with Crippen LogP contribution in [0.25, 0.3) is 0 Å². The average molecular weight is 243 g/mol. The maximum Gasteiger partial charge on any atom is 0.251 e. The second kappa shape index (κ2) is 4.75. The minimum Gasteiger partial charge on any atom is -0.349 e. The molecule has 0 unspecified atom stereocenters. The van der Waals surface area contributed by atoms with E-state index in [0.717, 1.165) is 17.4 Å². The topological polar surface area (TPSA) is 29.1 Å². The molecule has 1 aromatic carbocycles. The molecule has 2 bridgehead atoms. The van der Waals surface area contributed by atoms with Crippen LogP contribution in [0.15, 0.2) is 30.3 Å². The van der Waals surface area contributed by atoms with E-state index in [1.807, 2.05) is 30.3 Å². The molecule has 4 atom stereocenters. The van der Waals surface area contributed by atoms with Crippen LogP contribution in [0.2, 0.25) is 0 Å². The maximum absolute atomic E-state index is 12.1. The van der Waals surface area contributed by atoms with E-state index < -0.39 is 0 Å². The van der Waals surface area contributed by atoms with Gasteiger partial charge in [0.1, 0.15) is 0 Å². The standard InChI is InChI=1S/C16H21NO/c1-11(15-10-12-7-8-14(15)9-12)17-16(18)13-5-3-2-4-6-13/h2-6,11-12,14-15H,7-10H2,1H3,(H,17,18)/t11-,12+,14+,15+/m0/s1. The molecule has 1 N–H and O–H groups in total. The first-order valence-electron chi connectivity index (χ1n) is 7.10. The van der Waals surface area contributed by atoms with Crippen LogP contribution >= 0.6 is 0 Å². The zero-order valence-electron chi connectivity index (χ0n) is 10.9. The lowest BCUT2D eigenvalue weighted by atomic mass is 9.84. The van der Waals surface area contributed by atoms with Crippen molar-refractivity contribution in [1.82, 2.24) is 5.32 Å². The maximum atomic E-state index is 12.1. The SMILES string of the molecule is C[C@H](NC(=O)c1ccccc1)[C@H]1C[C@@H]2CC[C@@H]1C2. The fourth-order valence-corrected chi connectivity index (χ4v) is 3.89. The predicted octanol–water partition coefficient (Wildman–Crippen LogP) is 3.24. The first-order chi connectivity index (χ1) is 8.74. The molecule has 18 heavy (non-hydrogen) atoms. The summed E-state index contributed by atoms with van der Waals surface area (Å²) in [6, 6.07) is 9.84. The molecule has 3 rings (SSSR count). The van der Waals surface area contributed by atoms with Crippen molar-refractivity contribution in [2.75, 3.05) is 0 Å². The van der Waals surface area contributed by atoms with Crippen molar-refractivity contribution in [3.8, 4) is 0 Å². The van der Waals surface area contributed by atoms with E-state index in [2.05, 4.69) is 12.2 Å². The van der Waals surface area contributed by atoms with Gasteiger partial charge in [0, 0.05) is 11.6 Å². The number of rotatable bonds is 3. The van der Waals surface area contributed by atoms with Crippen molar-refractivity contribution < 1.29 is 4.79 Å². The van der Waals surface area contributed by atoms with Crippen molar-refractivity contribution in [1.29, 1.82) is 0 Å². The van der Waals surface area contributed by atoms with Crippen molar-refractivity contribution in [3.63, 3.8) is 0 Å². The van der Waals surface area contributed by atoms with Gasteiger partial charge in [-0.3, -0.25) is 4.79 Å². The molecule has 1 aromatic rings. The van der Waals surface area contributed by atoms with E-state index in [-0.39, 0.29) is 5.91 Å². The lowest BCUT2D eigenvalue weighted by Crippen LogP contribution is -2.40. The van der Waals surface area contributed by atoms with Gasteiger partial charge in [-0.25, -0.2) is 0 Å². The van der Waals surface area contributed by atoms with Crippen molar-refractivity contribution in [2.45, 2.75) is 38.6 Å².